The Hall–Kier alpha value is -1.71. The second-order valence-corrected chi connectivity index (χ2v) is 6.07. The molecule has 0 amide bonds. The lowest BCUT2D eigenvalue weighted by Crippen LogP contribution is -2.33. The van der Waals surface area contributed by atoms with Crippen molar-refractivity contribution in [3.05, 3.63) is 23.3 Å². The van der Waals surface area contributed by atoms with Crippen molar-refractivity contribution >= 4 is 5.97 Å². The SMILES string of the molecule is CCC(C)(C)C(=O)OC1CCc2c(O)ccc(O)c2C1. The summed E-state index contributed by atoms with van der Waals surface area (Å²) >= 11 is 0. The molecule has 0 bridgehead atoms. The molecule has 2 rings (SSSR count). The van der Waals surface area contributed by atoms with E-state index in [4.69, 9.17) is 4.74 Å². The van der Waals surface area contributed by atoms with Gasteiger partial charge >= 0.3 is 5.97 Å². The van der Waals surface area contributed by atoms with Crippen LogP contribution in [0.15, 0.2) is 12.1 Å². The van der Waals surface area contributed by atoms with Crippen molar-refractivity contribution in [2.45, 2.75) is 52.6 Å². The van der Waals surface area contributed by atoms with Gasteiger partial charge in [0.2, 0.25) is 0 Å². The summed E-state index contributed by atoms with van der Waals surface area (Å²) in [7, 11) is 0. The third kappa shape index (κ3) is 2.74. The van der Waals surface area contributed by atoms with Crippen LogP contribution in [0, 0.1) is 5.41 Å². The smallest absolute Gasteiger partial charge is 0.311 e. The Balaban J connectivity index is 2.12. The largest absolute Gasteiger partial charge is 0.508 e. The lowest BCUT2D eigenvalue weighted by Gasteiger charge is -2.29. The number of rotatable bonds is 3. The summed E-state index contributed by atoms with van der Waals surface area (Å²) in [6, 6.07) is 2.98. The van der Waals surface area contributed by atoms with E-state index in [0.717, 1.165) is 12.0 Å². The van der Waals surface area contributed by atoms with Crippen LogP contribution < -0.4 is 0 Å². The first kappa shape index (κ1) is 14.7. The van der Waals surface area contributed by atoms with E-state index in [-0.39, 0.29) is 23.6 Å². The van der Waals surface area contributed by atoms with Gasteiger partial charge in [-0.1, -0.05) is 6.92 Å². The Morgan fingerprint density at radius 1 is 1.30 bits per heavy atom. The number of hydrogen-bond acceptors (Lipinski definition) is 4. The predicted molar refractivity (Wildman–Crippen MR) is 75.7 cm³/mol. The molecule has 2 N–H and O–H groups in total. The molecule has 4 nitrogen and oxygen atoms in total. The van der Waals surface area contributed by atoms with E-state index < -0.39 is 5.41 Å². The normalized spacial score (nSPS) is 18.4. The van der Waals surface area contributed by atoms with Crippen LogP contribution in [0.1, 0.15) is 44.7 Å². The van der Waals surface area contributed by atoms with Gasteiger partial charge in [0.25, 0.3) is 0 Å². The lowest BCUT2D eigenvalue weighted by atomic mass is 9.87. The van der Waals surface area contributed by atoms with Gasteiger partial charge in [-0.3, -0.25) is 4.79 Å². The van der Waals surface area contributed by atoms with Crippen LogP contribution in [-0.4, -0.2) is 22.3 Å². The van der Waals surface area contributed by atoms with Gasteiger partial charge in [-0.25, -0.2) is 0 Å². The zero-order chi connectivity index (χ0) is 14.9. The minimum atomic E-state index is -0.485. The molecule has 1 aromatic rings. The maximum Gasteiger partial charge on any atom is 0.311 e. The zero-order valence-electron chi connectivity index (χ0n) is 12.3. The van der Waals surface area contributed by atoms with Crippen LogP contribution in [0.3, 0.4) is 0 Å². The number of carbonyl (C=O) groups excluding carboxylic acids is 1. The number of phenolic OH excluding ortho intramolecular Hbond substituents is 2. The molecule has 1 aliphatic carbocycles. The van der Waals surface area contributed by atoms with Crippen LogP contribution in [0.25, 0.3) is 0 Å². The third-order valence-corrected chi connectivity index (χ3v) is 4.24. The van der Waals surface area contributed by atoms with E-state index in [0.29, 0.717) is 24.8 Å². The van der Waals surface area contributed by atoms with Crippen LogP contribution in [0.4, 0.5) is 0 Å². The van der Waals surface area contributed by atoms with Crippen molar-refractivity contribution in [1.82, 2.24) is 0 Å². The first-order valence-corrected chi connectivity index (χ1v) is 7.09. The molecule has 1 aromatic carbocycles. The molecule has 0 aromatic heterocycles. The number of phenols is 2. The summed E-state index contributed by atoms with van der Waals surface area (Å²) in [6.45, 7) is 5.70. The molecule has 0 aliphatic heterocycles. The molecule has 110 valence electrons. The topological polar surface area (TPSA) is 66.8 Å². The summed E-state index contributed by atoms with van der Waals surface area (Å²) in [5, 5.41) is 19.7. The second-order valence-electron chi connectivity index (χ2n) is 6.07. The lowest BCUT2D eigenvalue weighted by molar-refractivity contribution is -0.160. The van der Waals surface area contributed by atoms with E-state index in [1.807, 2.05) is 20.8 Å². The fraction of sp³-hybridized carbons (Fsp3) is 0.562. The number of carbonyl (C=O) groups is 1. The quantitative estimate of drug-likeness (QED) is 0.659. The Morgan fingerprint density at radius 3 is 2.50 bits per heavy atom. The standard InChI is InChI=1S/C16H22O4/c1-4-16(2,3)15(19)20-10-5-6-11-12(9-10)14(18)8-7-13(11)17/h7-8,10,17-18H,4-6,9H2,1-3H3. The first-order chi connectivity index (χ1) is 9.35. The minimum absolute atomic E-state index is 0.160. The molecular weight excluding hydrogens is 256 g/mol. The van der Waals surface area contributed by atoms with Gasteiger partial charge < -0.3 is 14.9 Å². The fourth-order valence-electron chi connectivity index (χ4n) is 2.37. The number of fused-ring (bicyclic) bond motifs is 1. The van der Waals surface area contributed by atoms with Gasteiger partial charge in [0.15, 0.2) is 0 Å². The minimum Gasteiger partial charge on any atom is -0.508 e. The summed E-state index contributed by atoms with van der Waals surface area (Å²) in [4.78, 5) is 12.1. The molecule has 0 saturated heterocycles. The first-order valence-electron chi connectivity index (χ1n) is 7.09. The van der Waals surface area contributed by atoms with Crippen LogP contribution in [-0.2, 0) is 22.4 Å². The predicted octanol–water partition coefficient (Wildman–Crippen LogP) is 2.93. The van der Waals surface area contributed by atoms with Gasteiger partial charge in [0.05, 0.1) is 5.41 Å². The monoisotopic (exact) mass is 278 g/mol. The Kier molecular flexibility index (Phi) is 3.93. The Morgan fingerprint density at radius 2 is 1.90 bits per heavy atom. The summed E-state index contributed by atoms with van der Waals surface area (Å²) < 4.78 is 5.57. The highest BCUT2D eigenvalue weighted by molar-refractivity contribution is 5.76. The van der Waals surface area contributed by atoms with Gasteiger partial charge in [-0.2, -0.15) is 0 Å². The van der Waals surface area contributed by atoms with Crippen LogP contribution in [0.5, 0.6) is 11.5 Å². The number of esters is 1. The fourth-order valence-corrected chi connectivity index (χ4v) is 2.37. The van der Waals surface area contributed by atoms with Gasteiger partial charge in [-0.15, -0.1) is 0 Å². The van der Waals surface area contributed by atoms with Crippen molar-refractivity contribution in [1.29, 1.82) is 0 Å². The number of aromatic hydroxyl groups is 2. The van der Waals surface area contributed by atoms with E-state index in [2.05, 4.69) is 0 Å². The molecule has 0 radical (unpaired) electrons. The molecule has 0 heterocycles. The third-order valence-electron chi connectivity index (χ3n) is 4.24. The molecule has 1 atom stereocenters. The molecule has 0 spiro atoms. The molecule has 1 unspecified atom stereocenters. The van der Waals surface area contributed by atoms with Crippen molar-refractivity contribution in [2.24, 2.45) is 5.41 Å². The van der Waals surface area contributed by atoms with Crippen molar-refractivity contribution in [2.75, 3.05) is 0 Å². The maximum absolute atomic E-state index is 12.1. The van der Waals surface area contributed by atoms with Gasteiger partial charge in [-0.05, 0) is 45.2 Å². The van der Waals surface area contributed by atoms with Crippen LogP contribution in [0.2, 0.25) is 0 Å². The highest BCUT2D eigenvalue weighted by Gasteiger charge is 2.32. The van der Waals surface area contributed by atoms with E-state index in [9.17, 15) is 15.0 Å². The number of benzene rings is 1. The molecular formula is C16H22O4. The van der Waals surface area contributed by atoms with Crippen molar-refractivity contribution < 1.29 is 19.7 Å². The van der Waals surface area contributed by atoms with E-state index in [1.165, 1.54) is 12.1 Å². The maximum atomic E-state index is 12.1. The van der Waals surface area contributed by atoms with Crippen molar-refractivity contribution in [3.8, 4) is 11.5 Å². The number of hydrogen-bond donors (Lipinski definition) is 2. The molecule has 20 heavy (non-hydrogen) atoms. The average molecular weight is 278 g/mol. The molecule has 1 aliphatic rings. The van der Waals surface area contributed by atoms with E-state index in [1.54, 1.807) is 0 Å². The number of ether oxygens (including phenoxy) is 1. The Bertz CT molecular complexity index is 519. The van der Waals surface area contributed by atoms with Gasteiger partial charge in [0.1, 0.15) is 17.6 Å². The average Bonchev–Trinajstić information content (AvgIpc) is 2.43. The molecule has 4 heteroatoms. The highest BCUT2D eigenvalue weighted by atomic mass is 16.5. The zero-order valence-corrected chi connectivity index (χ0v) is 12.3. The van der Waals surface area contributed by atoms with Crippen molar-refractivity contribution in [3.63, 3.8) is 0 Å². The van der Waals surface area contributed by atoms with Gasteiger partial charge in [0, 0.05) is 17.5 Å². The molecule has 0 fully saturated rings. The van der Waals surface area contributed by atoms with Crippen LogP contribution >= 0.6 is 0 Å². The summed E-state index contributed by atoms with van der Waals surface area (Å²) in [6.07, 6.45) is 2.24. The molecule has 0 saturated carbocycles. The summed E-state index contributed by atoms with van der Waals surface area (Å²) in [5.74, 6) is 0.165. The van der Waals surface area contributed by atoms with E-state index >= 15 is 0 Å². The second kappa shape index (κ2) is 5.35. The summed E-state index contributed by atoms with van der Waals surface area (Å²) in [5.41, 5.74) is 0.983. The highest BCUT2D eigenvalue weighted by Crippen LogP contribution is 2.36. The Labute approximate surface area is 119 Å².